The Morgan fingerprint density at radius 3 is 2.79 bits per heavy atom. The third-order valence-corrected chi connectivity index (χ3v) is 5.33. The summed E-state index contributed by atoms with van der Waals surface area (Å²) < 4.78 is 14.1. The Kier molecular flexibility index (Phi) is 5.02. The Bertz CT molecular complexity index is 433. The normalized spacial score (nSPS) is 27.8. The molecule has 0 saturated heterocycles. The fourth-order valence-electron chi connectivity index (χ4n) is 3.10. The Hall–Kier alpha value is -0.410. The largest absolute Gasteiger partial charge is 0.393 e. The van der Waals surface area contributed by atoms with Crippen LogP contribution in [0.1, 0.15) is 38.7 Å². The van der Waals surface area contributed by atoms with Gasteiger partial charge in [-0.05, 0) is 71.0 Å². The van der Waals surface area contributed by atoms with Gasteiger partial charge < -0.3 is 5.11 Å². The van der Waals surface area contributed by atoms with E-state index < -0.39 is 0 Å². The van der Waals surface area contributed by atoms with Gasteiger partial charge in [-0.1, -0.05) is 26.0 Å². The lowest BCUT2D eigenvalue weighted by Gasteiger charge is -2.35. The van der Waals surface area contributed by atoms with Gasteiger partial charge in [0.25, 0.3) is 0 Å². The van der Waals surface area contributed by atoms with Gasteiger partial charge in [-0.3, -0.25) is 0 Å². The monoisotopic (exact) mass is 328 g/mol. The predicted octanol–water partition coefficient (Wildman–Crippen LogP) is 4.56. The molecule has 0 aromatic heterocycles. The van der Waals surface area contributed by atoms with Crippen molar-refractivity contribution in [3.63, 3.8) is 0 Å². The Balaban J connectivity index is 2.10. The van der Waals surface area contributed by atoms with Crippen molar-refractivity contribution < 1.29 is 9.50 Å². The molecule has 0 bridgehead atoms. The Labute approximate surface area is 123 Å². The van der Waals surface area contributed by atoms with Crippen LogP contribution in [0, 0.1) is 23.6 Å². The molecule has 3 atom stereocenters. The second-order valence-electron chi connectivity index (χ2n) is 6.06. The molecule has 106 valence electrons. The van der Waals surface area contributed by atoms with Gasteiger partial charge in [0.2, 0.25) is 0 Å². The van der Waals surface area contributed by atoms with Crippen molar-refractivity contribution in [3.8, 4) is 0 Å². The highest BCUT2D eigenvalue weighted by Crippen LogP contribution is 2.36. The summed E-state index contributed by atoms with van der Waals surface area (Å²) >= 11 is 3.31. The molecule has 0 aliphatic heterocycles. The number of hydrogen-bond acceptors (Lipinski definition) is 1. The zero-order valence-corrected chi connectivity index (χ0v) is 13.2. The quantitative estimate of drug-likeness (QED) is 0.862. The summed E-state index contributed by atoms with van der Waals surface area (Å²) in [5.41, 5.74) is 0.966. The van der Waals surface area contributed by atoms with Crippen molar-refractivity contribution in [2.45, 2.75) is 45.6 Å². The van der Waals surface area contributed by atoms with Crippen LogP contribution in [-0.4, -0.2) is 11.2 Å². The van der Waals surface area contributed by atoms with E-state index in [1.165, 1.54) is 6.07 Å². The van der Waals surface area contributed by atoms with Crippen LogP contribution < -0.4 is 0 Å². The molecule has 0 radical (unpaired) electrons. The minimum atomic E-state index is -0.245. The van der Waals surface area contributed by atoms with Crippen molar-refractivity contribution >= 4 is 15.9 Å². The number of aliphatic hydroxyl groups excluding tert-OH is 1. The van der Waals surface area contributed by atoms with Crippen LogP contribution in [0.4, 0.5) is 4.39 Å². The van der Waals surface area contributed by atoms with Crippen LogP contribution in [0.2, 0.25) is 0 Å². The summed E-state index contributed by atoms with van der Waals surface area (Å²) in [6.45, 7) is 4.50. The topological polar surface area (TPSA) is 20.2 Å². The van der Waals surface area contributed by atoms with E-state index in [0.717, 1.165) is 31.2 Å². The average molecular weight is 329 g/mol. The average Bonchev–Trinajstić information content (AvgIpc) is 2.37. The molecule has 0 heterocycles. The molecule has 2 rings (SSSR count). The van der Waals surface area contributed by atoms with E-state index >= 15 is 0 Å². The molecule has 1 aliphatic carbocycles. The van der Waals surface area contributed by atoms with E-state index in [0.29, 0.717) is 16.3 Å². The van der Waals surface area contributed by atoms with Crippen molar-refractivity contribution in [1.29, 1.82) is 0 Å². The SMILES string of the molecule is CC(C)C1CCC(O)C(Cc2cccc(F)c2Br)C1. The van der Waals surface area contributed by atoms with Gasteiger partial charge >= 0.3 is 0 Å². The number of hydrogen-bond donors (Lipinski definition) is 1. The number of halogens is 2. The molecule has 1 fully saturated rings. The molecule has 0 amide bonds. The first-order valence-electron chi connectivity index (χ1n) is 7.10. The second kappa shape index (κ2) is 6.36. The summed E-state index contributed by atoms with van der Waals surface area (Å²) in [6, 6.07) is 5.14. The van der Waals surface area contributed by atoms with Gasteiger partial charge in [0, 0.05) is 0 Å². The lowest BCUT2D eigenvalue weighted by atomic mass is 9.73. The molecule has 1 nitrogen and oxygen atoms in total. The summed E-state index contributed by atoms with van der Waals surface area (Å²) in [4.78, 5) is 0. The van der Waals surface area contributed by atoms with Crippen molar-refractivity contribution in [2.75, 3.05) is 0 Å². The second-order valence-corrected chi connectivity index (χ2v) is 6.85. The Morgan fingerprint density at radius 2 is 2.11 bits per heavy atom. The first kappa shape index (κ1) is 15.0. The van der Waals surface area contributed by atoms with E-state index in [-0.39, 0.29) is 17.8 Å². The van der Waals surface area contributed by atoms with Crippen molar-refractivity contribution in [1.82, 2.24) is 0 Å². The smallest absolute Gasteiger partial charge is 0.137 e. The molecular weight excluding hydrogens is 307 g/mol. The highest BCUT2D eigenvalue weighted by atomic mass is 79.9. The molecule has 1 N–H and O–H groups in total. The summed E-state index contributed by atoms with van der Waals surface area (Å²) in [6.07, 6.45) is 3.54. The minimum Gasteiger partial charge on any atom is -0.393 e. The lowest BCUT2D eigenvalue weighted by Crippen LogP contribution is -2.32. The summed E-state index contributed by atoms with van der Waals surface area (Å²) in [5.74, 6) is 1.37. The minimum absolute atomic E-state index is 0.219. The maximum atomic E-state index is 13.5. The van der Waals surface area contributed by atoms with Crippen LogP contribution in [0.3, 0.4) is 0 Å². The van der Waals surface area contributed by atoms with Crippen LogP contribution >= 0.6 is 15.9 Å². The molecule has 0 spiro atoms. The first-order valence-corrected chi connectivity index (χ1v) is 7.89. The van der Waals surface area contributed by atoms with Crippen LogP contribution in [0.15, 0.2) is 22.7 Å². The summed E-state index contributed by atoms with van der Waals surface area (Å²) in [7, 11) is 0. The highest BCUT2D eigenvalue weighted by Gasteiger charge is 2.31. The van der Waals surface area contributed by atoms with Crippen molar-refractivity contribution in [2.24, 2.45) is 17.8 Å². The van der Waals surface area contributed by atoms with Gasteiger partial charge in [0.15, 0.2) is 0 Å². The zero-order chi connectivity index (χ0) is 14.0. The van der Waals surface area contributed by atoms with E-state index in [1.54, 1.807) is 6.07 Å². The molecule has 1 aliphatic rings. The van der Waals surface area contributed by atoms with Crippen LogP contribution in [0.25, 0.3) is 0 Å². The first-order chi connectivity index (χ1) is 8.99. The fraction of sp³-hybridized carbons (Fsp3) is 0.625. The maximum absolute atomic E-state index is 13.5. The molecule has 1 aromatic carbocycles. The molecule has 19 heavy (non-hydrogen) atoms. The molecule has 1 aromatic rings. The van der Waals surface area contributed by atoms with E-state index in [1.807, 2.05) is 6.07 Å². The van der Waals surface area contributed by atoms with Gasteiger partial charge in [0.05, 0.1) is 10.6 Å². The number of aliphatic hydroxyl groups is 1. The van der Waals surface area contributed by atoms with Gasteiger partial charge in [-0.15, -0.1) is 0 Å². The van der Waals surface area contributed by atoms with E-state index in [2.05, 4.69) is 29.8 Å². The standard InChI is InChI=1S/C16H22BrFO/c1-10(2)11-6-7-15(19)13(8-11)9-12-4-3-5-14(18)16(12)17/h3-5,10-11,13,15,19H,6-9H2,1-2H3. The molecule has 3 unspecified atom stereocenters. The molecular formula is C16H22BrFO. The van der Waals surface area contributed by atoms with Gasteiger partial charge in [-0.25, -0.2) is 4.39 Å². The number of rotatable bonds is 3. The fourth-order valence-corrected chi connectivity index (χ4v) is 3.52. The van der Waals surface area contributed by atoms with E-state index in [4.69, 9.17) is 0 Å². The van der Waals surface area contributed by atoms with Crippen LogP contribution in [0.5, 0.6) is 0 Å². The molecule has 1 saturated carbocycles. The van der Waals surface area contributed by atoms with E-state index in [9.17, 15) is 9.50 Å². The highest BCUT2D eigenvalue weighted by molar-refractivity contribution is 9.10. The third kappa shape index (κ3) is 3.57. The van der Waals surface area contributed by atoms with Crippen molar-refractivity contribution in [3.05, 3.63) is 34.1 Å². The molecule has 3 heteroatoms. The maximum Gasteiger partial charge on any atom is 0.137 e. The number of benzene rings is 1. The van der Waals surface area contributed by atoms with Gasteiger partial charge in [0.1, 0.15) is 5.82 Å². The predicted molar refractivity (Wildman–Crippen MR) is 79.5 cm³/mol. The van der Waals surface area contributed by atoms with Gasteiger partial charge in [-0.2, -0.15) is 0 Å². The summed E-state index contributed by atoms with van der Waals surface area (Å²) in [5, 5.41) is 10.2. The van der Waals surface area contributed by atoms with Crippen LogP contribution in [-0.2, 0) is 6.42 Å². The Morgan fingerprint density at radius 1 is 1.37 bits per heavy atom. The third-order valence-electron chi connectivity index (χ3n) is 4.44. The zero-order valence-electron chi connectivity index (χ0n) is 11.6. The lowest BCUT2D eigenvalue weighted by molar-refractivity contribution is 0.0377.